The molecule has 0 radical (unpaired) electrons. The average molecular weight is 1110 g/mol. The first-order valence-electron chi connectivity index (χ1n) is 27.7. The number of carbonyl (C=O) groups excluding carboxylic acids is 1. The fourth-order valence-corrected chi connectivity index (χ4v) is 15.0. The number of aliphatic hydroxyl groups is 11. The van der Waals surface area contributed by atoms with Gasteiger partial charge in [-0.15, -0.1) is 0 Å². The first-order chi connectivity index (χ1) is 36.6. The monoisotopic (exact) mass is 1110 g/mol. The van der Waals surface area contributed by atoms with Crippen molar-refractivity contribution in [2.45, 2.75) is 246 Å². The molecule has 4 aliphatic carbocycles. The fraction of sp³-hybridized carbons (Fsp3) is 0.943. The van der Waals surface area contributed by atoms with Crippen LogP contribution in [0.15, 0.2) is 11.6 Å². The number of rotatable bonds is 16. The number of hydrogen-bond acceptors (Lipinski definition) is 24. The second-order valence-electron chi connectivity index (χ2n) is 23.8. The summed E-state index contributed by atoms with van der Waals surface area (Å²) in [4.78, 5) is 13.8. The van der Waals surface area contributed by atoms with Crippen LogP contribution in [0.5, 0.6) is 0 Å². The maximum Gasteiger partial charge on any atom is 0.187 e. The van der Waals surface area contributed by atoms with E-state index in [0.29, 0.717) is 25.2 Å². The number of ether oxygens (including phenoxy) is 12. The van der Waals surface area contributed by atoms with Crippen LogP contribution in [0.2, 0.25) is 0 Å². The predicted molar refractivity (Wildman–Crippen MR) is 260 cm³/mol. The van der Waals surface area contributed by atoms with Crippen molar-refractivity contribution in [3.05, 3.63) is 11.6 Å². The van der Waals surface area contributed by atoms with Gasteiger partial charge in [0.05, 0.1) is 56.4 Å². The highest BCUT2D eigenvalue weighted by Gasteiger charge is 2.64. The lowest BCUT2D eigenvalue weighted by Crippen LogP contribution is -2.65. The van der Waals surface area contributed by atoms with Crippen LogP contribution in [0.1, 0.15) is 92.4 Å². The average Bonchev–Trinajstić information content (AvgIpc) is 3.72. The van der Waals surface area contributed by atoms with Crippen molar-refractivity contribution in [2.75, 3.05) is 34.0 Å². The second-order valence-corrected chi connectivity index (χ2v) is 23.8. The van der Waals surface area contributed by atoms with Crippen molar-refractivity contribution in [3.8, 4) is 0 Å². The number of methoxy groups -OCH3 is 2. The fourth-order valence-electron chi connectivity index (χ4n) is 15.0. The summed E-state index contributed by atoms with van der Waals surface area (Å²) < 4.78 is 72.6. The molecule has 0 bridgehead atoms. The number of ketones is 1. The summed E-state index contributed by atoms with van der Waals surface area (Å²) in [7, 11) is 3.21. The van der Waals surface area contributed by atoms with Crippen molar-refractivity contribution in [2.24, 2.45) is 34.5 Å². The number of hydrogen-bond donors (Lipinski definition) is 11. The van der Waals surface area contributed by atoms with E-state index in [1.807, 2.05) is 6.92 Å². The lowest BCUT2D eigenvalue weighted by molar-refractivity contribution is -0.373. The second kappa shape index (κ2) is 24.4. The summed E-state index contributed by atoms with van der Waals surface area (Å²) in [5.74, 6) is -0.0862. The standard InChI is InChI=1S/C53H86O24/c1-21(56)37-29(72-49-45(64)43(62)41(60)34(75-49)20-68-51-48(44(63)40(59)33(19-55)74-51)77-50-46(65)42(61)39(58)32(18-54)73-50)15-28-26-9-8-24-14-25(10-12-52(24,4)27(26)11-13-53(28,37)5)71-35-17-31(67-7)47(23(3)70-35)76-36-16-30(66-6)38(57)22(2)69-36/h8,22-23,25-51,54-55,57-65H,9-20H2,1-7H3. The molecule has 77 heavy (non-hydrogen) atoms. The molecule has 442 valence electrons. The van der Waals surface area contributed by atoms with E-state index in [9.17, 15) is 61.0 Å². The van der Waals surface area contributed by atoms with E-state index in [1.54, 1.807) is 28.1 Å². The zero-order chi connectivity index (χ0) is 55.6. The molecule has 0 spiro atoms. The lowest BCUT2D eigenvalue weighted by Gasteiger charge is -2.58. The molecule has 24 nitrogen and oxygen atoms in total. The Bertz CT molecular complexity index is 2000. The van der Waals surface area contributed by atoms with E-state index in [4.69, 9.17) is 56.8 Å². The molecule has 24 heteroatoms. The predicted octanol–water partition coefficient (Wildman–Crippen LogP) is -1.97. The number of carbonyl (C=O) groups is 1. The SMILES string of the molecule is COC1CC(OC2C(C)OC(OC3CCC4(C)C(=CCC5C4CCC4(C)C5CC(OC5OC(COC6OC(CO)C(O)C(O)C6OC6OC(CO)C(O)C(O)C6O)C(O)C(O)C5O)C4C(C)=O)C3)CC2OC)OC(C)C1O. The molecular weight excluding hydrogens is 1020 g/mol. The highest BCUT2D eigenvalue weighted by molar-refractivity contribution is 5.80. The summed E-state index contributed by atoms with van der Waals surface area (Å²) in [6, 6.07) is 0. The first kappa shape index (κ1) is 60.1. The minimum absolute atomic E-state index is 0.0513. The number of Topliss-reactive ketones (excluding diaryl/α,β-unsaturated/α-hetero) is 1. The largest absolute Gasteiger partial charge is 0.394 e. The normalized spacial score (nSPS) is 53.2. The Morgan fingerprint density at radius 3 is 1.83 bits per heavy atom. The minimum Gasteiger partial charge on any atom is -0.394 e. The van der Waals surface area contributed by atoms with Crippen molar-refractivity contribution < 1.29 is 118 Å². The van der Waals surface area contributed by atoms with Gasteiger partial charge in [-0.2, -0.15) is 0 Å². The molecule has 8 fully saturated rings. The van der Waals surface area contributed by atoms with Crippen LogP contribution < -0.4 is 0 Å². The van der Waals surface area contributed by atoms with Crippen molar-refractivity contribution in [1.29, 1.82) is 0 Å². The molecule has 0 aromatic heterocycles. The smallest absolute Gasteiger partial charge is 0.187 e. The molecule has 9 rings (SSSR count). The van der Waals surface area contributed by atoms with Gasteiger partial charge < -0.3 is 113 Å². The van der Waals surface area contributed by atoms with Gasteiger partial charge in [0, 0.05) is 33.0 Å². The Balaban J connectivity index is 0.836. The van der Waals surface area contributed by atoms with Crippen molar-refractivity contribution in [1.82, 2.24) is 0 Å². The van der Waals surface area contributed by atoms with Gasteiger partial charge in [-0.05, 0) is 94.3 Å². The topological polar surface area (TPSA) is 350 Å². The molecular formula is C53H86O24. The molecule has 31 atom stereocenters. The summed E-state index contributed by atoms with van der Waals surface area (Å²) in [6.07, 6.45) is -21.5. The summed E-state index contributed by atoms with van der Waals surface area (Å²) >= 11 is 0. The van der Waals surface area contributed by atoms with Gasteiger partial charge in [-0.25, -0.2) is 0 Å². The molecule has 0 amide bonds. The van der Waals surface area contributed by atoms with Gasteiger partial charge in [-0.3, -0.25) is 4.79 Å². The van der Waals surface area contributed by atoms with Gasteiger partial charge >= 0.3 is 0 Å². The van der Waals surface area contributed by atoms with Crippen LogP contribution in [0, 0.1) is 34.5 Å². The third-order valence-electron chi connectivity index (χ3n) is 19.4. The quantitative estimate of drug-likeness (QED) is 0.0747. The molecule has 9 aliphatic rings. The summed E-state index contributed by atoms with van der Waals surface area (Å²) in [5, 5.41) is 117. The lowest BCUT2D eigenvalue weighted by atomic mass is 9.47. The molecule has 5 saturated heterocycles. The third kappa shape index (κ3) is 11.5. The van der Waals surface area contributed by atoms with Crippen LogP contribution in [-0.4, -0.2) is 250 Å². The zero-order valence-corrected chi connectivity index (χ0v) is 45.0. The van der Waals surface area contributed by atoms with E-state index in [-0.39, 0.29) is 41.3 Å². The van der Waals surface area contributed by atoms with E-state index in [0.717, 1.165) is 38.5 Å². The van der Waals surface area contributed by atoms with Crippen LogP contribution in [0.4, 0.5) is 0 Å². The molecule has 3 saturated carbocycles. The van der Waals surface area contributed by atoms with Gasteiger partial charge in [-0.1, -0.05) is 25.5 Å². The van der Waals surface area contributed by atoms with Gasteiger partial charge in [0.25, 0.3) is 0 Å². The molecule has 5 aliphatic heterocycles. The minimum atomic E-state index is -1.90. The summed E-state index contributed by atoms with van der Waals surface area (Å²) in [6.45, 7) is 7.60. The van der Waals surface area contributed by atoms with E-state index >= 15 is 0 Å². The maximum absolute atomic E-state index is 13.8. The Morgan fingerprint density at radius 1 is 0.597 bits per heavy atom. The Kier molecular flexibility index (Phi) is 19.0. The Labute approximate surface area is 448 Å². The number of fused-ring (bicyclic) bond motifs is 5. The Hall–Kier alpha value is -1.51. The molecule has 5 heterocycles. The van der Waals surface area contributed by atoms with E-state index in [1.165, 1.54) is 5.57 Å². The van der Waals surface area contributed by atoms with Crippen LogP contribution in [-0.2, 0) is 61.6 Å². The highest BCUT2D eigenvalue weighted by Crippen LogP contribution is 2.67. The molecule has 31 unspecified atom stereocenters. The summed E-state index contributed by atoms with van der Waals surface area (Å²) in [5.41, 5.74) is 0.782. The Morgan fingerprint density at radius 2 is 1.18 bits per heavy atom. The van der Waals surface area contributed by atoms with Crippen LogP contribution >= 0.6 is 0 Å². The van der Waals surface area contributed by atoms with Crippen molar-refractivity contribution >= 4 is 5.78 Å². The van der Waals surface area contributed by atoms with E-state index in [2.05, 4.69) is 19.9 Å². The van der Waals surface area contributed by atoms with Crippen LogP contribution in [0.3, 0.4) is 0 Å². The molecule has 0 aromatic rings. The maximum atomic E-state index is 13.8. The molecule has 11 N–H and O–H groups in total. The first-order valence-corrected chi connectivity index (χ1v) is 27.7. The van der Waals surface area contributed by atoms with Gasteiger partial charge in [0.15, 0.2) is 31.5 Å². The number of allylic oxidation sites excluding steroid dienone is 1. The number of aliphatic hydroxyl groups excluding tert-OH is 11. The zero-order valence-electron chi connectivity index (χ0n) is 45.0. The van der Waals surface area contributed by atoms with Crippen molar-refractivity contribution in [3.63, 3.8) is 0 Å². The highest BCUT2D eigenvalue weighted by atomic mass is 16.8. The van der Waals surface area contributed by atoms with E-state index < -0.39 is 166 Å². The van der Waals surface area contributed by atoms with Gasteiger partial charge in [0.1, 0.15) is 91.2 Å². The molecule has 0 aromatic carbocycles. The van der Waals surface area contributed by atoms with Crippen LogP contribution in [0.25, 0.3) is 0 Å². The third-order valence-corrected chi connectivity index (χ3v) is 19.4. The van der Waals surface area contributed by atoms with Gasteiger partial charge in [0.2, 0.25) is 0 Å².